The van der Waals surface area contributed by atoms with Crippen LogP contribution in [0.15, 0.2) is 47.1 Å². The maximum absolute atomic E-state index is 12.5. The molecule has 1 amide bonds. The number of amides is 1. The SMILES string of the molecule is CC1CCCN(C(=O)c2ccc(Nc3ccccc3Br)nc2)C1. The first kappa shape index (κ1) is 16.0. The summed E-state index contributed by atoms with van der Waals surface area (Å²) in [6.45, 7) is 3.89. The lowest BCUT2D eigenvalue weighted by Gasteiger charge is -2.30. The molecule has 1 aliphatic heterocycles. The molecule has 0 radical (unpaired) electrons. The Morgan fingerprint density at radius 1 is 1.30 bits per heavy atom. The van der Waals surface area contributed by atoms with Gasteiger partial charge in [0.15, 0.2) is 0 Å². The molecule has 0 bridgehead atoms. The van der Waals surface area contributed by atoms with Gasteiger partial charge in [0.2, 0.25) is 0 Å². The Labute approximate surface area is 145 Å². The number of rotatable bonds is 3. The van der Waals surface area contributed by atoms with E-state index in [4.69, 9.17) is 0 Å². The molecule has 1 atom stereocenters. The van der Waals surface area contributed by atoms with Crippen LogP contribution in [0.5, 0.6) is 0 Å². The highest BCUT2D eigenvalue weighted by Crippen LogP contribution is 2.24. The predicted octanol–water partition coefficient (Wildman–Crippen LogP) is 4.46. The second-order valence-corrected chi connectivity index (χ2v) is 6.89. The minimum absolute atomic E-state index is 0.0801. The van der Waals surface area contributed by atoms with Gasteiger partial charge >= 0.3 is 0 Å². The fraction of sp³-hybridized carbons (Fsp3) is 0.333. The van der Waals surface area contributed by atoms with Gasteiger partial charge in [-0.05, 0) is 59.0 Å². The van der Waals surface area contributed by atoms with E-state index in [0.29, 0.717) is 11.5 Å². The lowest BCUT2D eigenvalue weighted by Crippen LogP contribution is -2.39. The summed E-state index contributed by atoms with van der Waals surface area (Å²) in [4.78, 5) is 18.8. The van der Waals surface area contributed by atoms with E-state index in [1.807, 2.05) is 41.3 Å². The number of anilines is 2. The molecule has 5 heteroatoms. The summed E-state index contributed by atoms with van der Waals surface area (Å²) in [5.74, 6) is 1.38. The zero-order valence-electron chi connectivity index (χ0n) is 13.1. The van der Waals surface area contributed by atoms with E-state index < -0.39 is 0 Å². The molecule has 0 spiro atoms. The molecule has 3 rings (SSSR count). The number of para-hydroxylation sites is 1. The molecule has 1 fully saturated rings. The first-order valence-electron chi connectivity index (χ1n) is 7.90. The van der Waals surface area contributed by atoms with E-state index in [1.165, 1.54) is 6.42 Å². The number of pyridine rings is 1. The van der Waals surface area contributed by atoms with Crippen molar-refractivity contribution >= 4 is 33.3 Å². The third-order valence-electron chi connectivity index (χ3n) is 4.09. The van der Waals surface area contributed by atoms with Crippen LogP contribution in [0, 0.1) is 5.92 Å². The van der Waals surface area contributed by atoms with Crippen molar-refractivity contribution in [1.29, 1.82) is 0 Å². The van der Waals surface area contributed by atoms with Crippen LogP contribution in [0.25, 0.3) is 0 Å². The fourth-order valence-electron chi connectivity index (χ4n) is 2.85. The first-order valence-corrected chi connectivity index (χ1v) is 8.69. The average molecular weight is 374 g/mol. The van der Waals surface area contributed by atoms with Crippen LogP contribution in [0.2, 0.25) is 0 Å². The van der Waals surface area contributed by atoms with E-state index in [-0.39, 0.29) is 5.91 Å². The Kier molecular flexibility index (Phi) is 4.96. The van der Waals surface area contributed by atoms with Crippen LogP contribution in [0.3, 0.4) is 0 Å². The van der Waals surface area contributed by atoms with Crippen molar-refractivity contribution in [2.24, 2.45) is 5.92 Å². The lowest BCUT2D eigenvalue weighted by atomic mass is 10.00. The quantitative estimate of drug-likeness (QED) is 0.863. The van der Waals surface area contributed by atoms with Crippen molar-refractivity contribution in [3.63, 3.8) is 0 Å². The minimum atomic E-state index is 0.0801. The summed E-state index contributed by atoms with van der Waals surface area (Å²) in [6.07, 6.45) is 3.94. The number of piperidine rings is 1. The molecule has 1 unspecified atom stereocenters. The molecular weight excluding hydrogens is 354 g/mol. The summed E-state index contributed by atoms with van der Waals surface area (Å²) in [5, 5.41) is 3.24. The van der Waals surface area contributed by atoms with Gasteiger partial charge in [-0.15, -0.1) is 0 Å². The van der Waals surface area contributed by atoms with Gasteiger partial charge in [-0.25, -0.2) is 4.98 Å². The maximum Gasteiger partial charge on any atom is 0.255 e. The topological polar surface area (TPSA) is 45.2 Å². The van der Waals surface area contributed by atoms with Crippen molar-refractivity contribution in [3.05, 3.63) is 52.6 Å². The number of carbonyl (C=O) groups is 1. The van der Waals surface area contributed by atoms with E-state index in [0.717, 1.165) is 35.5 Å². The molecule has 4 nitrogen and oxygen atoms in total. The Hall–Kier alpha value is -1.88. The molecule has 2 heterocycles. The van der Waals surface area contributed by atoms with Gasteiger partial charge in [0.1, 0.15) is 5.82 Å². The Morgan fingerprint density at radius 3 is 2.83 bits per heavy atom. The second kappa shape index (κ2) is 7.13. The van der Waals surface area contributed by atoms with Crippen LogP contribution in [0.1, 0.15) is 30.1 Å². The summed E-state index contributed by atoms with van der Waals surface area (Å²) in [5.41, 5.74) is 1.60. The average Bonchev–Trinajstić information content (AvgIpc) is 2.57. The molecule has 1 aromatic carbocycles. The van der Waals surface area contributed by atoms with Crippen molar-refractivity contribution in [1.82, 2.24) is 9.88 Å². The Bertz CT molecular complexity index is 687. The number of hydrogen-bond donors (Lipinski definition) is 1. The highest BCUT2D eigenvalue weighted by atomic mass is 79.9. The van der Waals surface area contributed by atoms with Crippen LogP contribution in [-0.4, -0.2) is 28.9 Å². The van der Waals surface area contributed by atoms with Crippen molar-refractivity contribution in [3.8, 4) is 0 Å². The molecule has 1 aliphatic rings. The number of aromatic nitrogens is 1. The molecule has 1 N–H and O–H groups in total. The second-order valence-electron chi connectivity index (χ2n) is 6.04. The van der Waals surface area contributed by atoms with Crippen LogP contribution in [-0.2, 0) is 0 Å². The lowest BCUT2D eigenvalue weighted by molar-refractivity contribution is 0.0682. The largest absolute Gasteiger partial charge is 0.339 e. The van der Waals surface area contributed by atoms with Crippen molar-refractivity contribution < 1.29 is 4.79 Å². The highest BCUT2D eigenvalue weighted by Gasteiger charge is 2.22. The van der Waals surface area contributed by atoms with Crippen LogP contribution < -0.4 is 5.32 Å². The zero-order valence-corrected chi connectivity index (χ0v) is 14.7. The molecule has 120 valence electrons. The normalized spacial score (nSPS) is 17.8. The Morgan fingerprint density at radius 2 is 2.13 bits per heavy atom. The number of benzene rings is 1. The van der Waals surface area contributed by atoms with Crippen LogP contribution >= 0.6 is 15.9 Å². The zero-order chi connectivity index (χ0) is 16.2. The van der Waals surface area contributed by atoms with E-state index in [2.05, 4.69) is 33.2 Å². The standard InChI is InChI=1S/C18H20BrN3O/c1-13-5-4-10-22(12-13)18(23)14-8-9-17(20-11-14)21-16-7-3-2-6-15(16)19/h2-3,6-9,11,13H,4-5,10,12H2,1H3,(H,20,21). The number of nitrogens with one attached hydrogen (secondary N) is 1. The maximum atomic E-state index is 12.5. The predicted molar refractivity (Wildman–Crippen MR) is 96.0 cm³/mol. The van der Waals surface area contributed by atoms with E-state index >= 15 is 0 Å². The van der Waals surface area contributed by atoms with Gasteiger partial charge in [-0.2, -0.15) is 0 Å². The van der Waals surface area contributed by atoms with Gasteiger partial charge in [0.25, 0.3) is 5.91 Å². The summed E-state index contributed by atoms with van der Waals surface area (Å²) >= 11 is 3.50. The summed E-state index contributed by atoms with van der Waals surface area (Å²) in [7, 11) is 0. The van der Waals surface area contributed by atoms with Gasteiger partial charge in [0, 0.05) is 23.8 Å². The van der Waals surface area contributed by atoms with Crippen molar-refractivity contribution in [2.75, 3.05) is 18.4 Å². The number of likely N-dealkylation sites (tertiary alicyclic amines) is 1. The third kappa shape index (κ3) is 3.91. The van der Waals surface area contributed by atoms with E-state index in [1.54, 1.807) is 6.20 Å². The molecule has 0 saturated carbocycles. The molecule has 0 aliphatic carbocycles. The summed E-state index contributed by atoms with van der Waals surface area (Å²) in [6, 6.07) is 11.6. The van der Waals surface area contributed by atoms with E-state index in [9.17, 15) is 4.79 Å². The first-order chi connectivity index (χ1) is 11.1. The van der Waals surface area contributed by atoms with Crippen molar-refractivity contribution in [2.45, 2.75) is 19.8 Å². The molecule has 1 saturated heterocycles. The van der Waals surface area contributed by atoms with Gasteiger partial charge in [-0.1, -0.05) is 19.1 Å². The molecule has 1 aromatic heterocycles. The monoisotopic (exact) mass is 373 g/mol. The number of hydrogen-bond acceptors (Lipinski definition) is 3. The number of carbonyl (C=O) groups excluding carboxylic acids is 1. The minimum Gasteiger partial charge on any atom is -0.339 e. The summed E-state index contributed by atoms with van der Waals surface area (Å²) < 4.78 is 0.976. The third-order valence-corrected chi connectivity index (χ3v) is 4.78. The highest BCUT2D eigenvalue weighted by molar-refractivity contribution is 9.10. The van der Waals surface area contributed by atoms with Gasteiger partial charge in [-0.3, -0.25) is 4.79 Å². The fourth-order valence-corrected chi connectivity index (χ4v) is 3.24. The smallest absolute Gasteiger partial charge is 0.255 e. The Balaban J connectivity index is 1.69. The van der Waals surface area contributed by atoms with Gasteiger partial charge in [0.05, 0.1) is 11.3 Å². The molecule has 23 heavy (non-hydrogen) atoms. The molecular formula is C18H20BrN3O. The number of halogens is 1. The number of nitrogens with zero attached hydrogens (tertiary/aromatic N) is 2. The van der Waals surface area contributed by atoms with Gasteiger partial charge < -0.3 is 10.2 Å². The molecule has 2 aromatic rings. The van der Waals surface area contributed by atoms with Crippen LogP contribution in [0.4, 0.5) is 11.5 Å².